The molecule has 5 nitrogen and oxygen atoms in total. The van der Waals surface area contributed by atoms with Gasteiger partial charge in [-0.25, -0.2) is 9.18 Å². The molecule has 104 valence electrons. The molecule has 0 aliphatic carbocycles. The summed E-state index contributed by atoms with van der Waals surface area (Å²) in [4.78, 5) is 11.3. The number of hydrogen-bond donors (Lipinski definition) is 1. The van der Waals surface area contributed by atoms with Crippen LogP contribution in [0.3, 0.4) is 0 Å². The van der Waals surface area contributed by atoms with Crippen LogP contribution < -0.4 is 4.74 Å². The Kier molecular flexibility index (Phi) is 3.99. The molecule has 1 N–H and O–H groups in total. The second-order valence-electron chi connectivity index (χ2n) is 4.10. The summed E-state index contributed by atoms with van der Waals surface area (Å²) < 4.78 is 19.1. The van der Waals surface area contributed by atoms with Crippen LogP contribution in [0, 0.1) is 19.7 Å². The lowest BCUT2D eigenvalue weighted by atomic mass is 10.1. The van der Waals surface area contributed by atoms with Gasteiger partial charge in [-0.2, -0.15) is 5.10 Å². The number of aromatic nitrogens is 2. The number of hydrogen-bond acceptors (Lipinski definition) is 4. The van der Waals surface area contributed by atoms with Gasteiger partial charge in [0.15, 0.2) is 0 Å². The molecule has 0 fully saturated rings. The maximum absolute atomic E-state index is 13.3. The van der Waals surface area contributed by atoms with Crippen LogP contribution >= 0.6 is 15.9 Å². The Bertz CT molecular complexity index is 671. The van der Waals surface area contributed by atoms with E-state index >= 15 is 0 Å². The first-order chi connectivity index (χ1) is 9.38. The summed E-state index contributed by atoms with van der Waals surface area (Å²) in [6.07, 6.45) is 0. The summed E-state index contributed by atoms with van der Waals surface area (Å²) in [6, 6.07) is 3.90. The average molecular weight is 341 g/mol. The molecule has 0 aliphatic heterocycles. The van der Waals surface area contributed by atoms with Crippen LogP contribution in [0.4, 0.5) is 4.39 Å². The molecule has 0 aliphatic rings. The van der Waals surface area contributed by atoms with Crippen LogP contribution in [-0.2, 0) is 0 Å². The Morgan fingerprint density at radius 2 is 2.00 bits per heavy atom. The van der Waals surface area contributed by atoms with E-state index in [0.717, 1.165) is 6.07 Å². The molecular formula is C13H10BrFN2O3. The Morgan fingerprint density at radius 1 is 1.30 bits per heavy atom. The Labute approximate surface area is 122 Å². The minimum Gasteiger partial charge on any atom is -0.477 e. The van der Waals surface area contributed by atoms with Crippen LogP contribution in [0.5, 0.6) is 11.6 Å². The smallest absolute Gasteiger partial charge is 0.341 e. The molecule has 2 aromatic rings. The van der Waals surface area contributed by atoms with E-state index in [1.807, 2.05) is 0 Å². The molecule has 0 unspecified atom stereocenters. The second-order valence-corrected chi connectivity index (χ2v) is 5.02. The molecule has 2 rings (SSSR count). The lowest BCUT2D eigenvalue weighted by Crippen LogP contribution is -2.08. The maximum Gasteiger partial charge on any atom is 0.341 e. The molecule has 7 heteroatoms. The quantitative estimate of drug-likeness (QED) is 0.925. The number of aromatic carboxylic acids is 1. The van der Waals surface area contributed by atoms with Gasteiger partial charge >= 0.3 is 5.97 Å². The highest BCUT2D eigenvalue weighted by Crippen LogP contribution is 2.28. The van der Waals surface area contributed by atoms with Gasteiger partial charge in [0, 0.05) is 10.5 Å². The maximum atomic E-state index is 13.3. The highest BCUT2D eigenvalue weighted by Gasteiger charge is 2.19. The molecule has 0 saturated heterocycles. The number of ether oxygens (including phenoxy) is 1. The summed E-state index contributed by atoms with van der Waals surface area (Å²) in [7, 11) is 0. The monoisotopic (exact) mass is 340 g/mol. The third-order valence-electron chi connectivity index (χ3n) is 2.69. The summed E-state index contributed by atoms with van der Waals surface area (Å²) in [5, 5.41) is 16.8. The van der Waals surface area contributed by atoms with E-state index in [2.05, 4.69) is 26.1 Å². The lowest BCUT2D eigenvalue weighted by Gasteiger charge is -2.10. The predicted molar refractivity (Wildman–Crippen MR) is 72.6 cm³/mol. The molecule has 1 aromatic carbocycles. The zero-order valence-corrected chi connectivity index (χ0v) is 12.2. The van der Waals surface area contributed by atoms with Gasteiger partial charge in [0.05, 0.1) is 5.69 Å². The molecule has 1 heterocycles. The van der Waals surface area contributed by atoms with Crippen LogP contribution in [0.2, 0.25) is 0 Å². The van der Waals surface area contributed by atoms with Crippen molar-refractivity contribution in [1.29, 1.82) is 0 Å². The van der Waals surface area contributed by atoms with E-state index in [9.17, 15) is 14.3 Å². The minimum atomic E-state index is -1.18. The van der Waals surface area contributed by atoms with Crippen molar-refractivity contribution in [2.45, 2.75) is 13.8 Å². The highest BCUT2D eigenvalue weighted by atomic mass is 79.9. The fourth-order valence-corrected chi connectivity index (χ4v) is 2.05. The highest BCUT2D eigenvalue weighted by molar-refractivity contribution is 9.10. The lowest BCUT2D eigenvalue weighted by molar-refractivity contribution is 0.0692. The molecule has 0 radical (unpaired) electrons. The molecule has 0 atom stereocenters. The van der Waals surface area contributed by atoms with Gasteiger partial charge in [-0.3, -0.25) is 0 Å². The van der Waals surface area contributed by atoms with Gasteiger partial charge in [0.1, 0.15) is 17.1 Å². The number of halogens is 2. The van der Waals surface area contributed by atoms with E-state index in [4.69, 9.17) is 4.74 Å². The Hall–Kier alpha value is -2.02. The van der Waals surface area contributed by atoms with Crippen molar-refractivity contribution in [3.63, 3.8) is 0 Å². The van der Waals surface area contributed by atoms with Crippen LogP contribution in [0.1, 0.15) is 21.6 Å². The summed E-state index contributed by atoms with van der Waals surface area (Å²) >= 11 is 3.13. The first-order valence-electron chi connectivity index (χ1n) is 5.59. The fraction of sp³-hybridized carbons (Fsp3) is 0.154. The summed E-state index contributed by atoms with van der Waals surface area (Å²) in [5.41, 5.74) is 0.867. The normalized spacial score (nSPS) is 10.4. The second kappa shape index (κ2) is 5.54. The molecule has 0 spiro atoms. The number of nitrogens with zero attached hydrogens (tertiary/aromatic N) is 2. The molecular weight excluding hydrogens is 331 g/mol. The van der Waals surface area contributed by atoms with Gasteiger partial charge < -0.3 is 9.84 Å². The van der Waals surface area contributed by atoms with E-state index in [0.29, 0.717) is 15.7 Å². The SMILES string of the molecule is Cc1nnc(Oc2cc(F)cc(Br)c2)c(C(=O)O)c1C. The number of aryl methyl sites for hydroxylation is 1. The van der Waals surface area contributed by atoms with Crippen molar-refractivity contribution in [1.82, 2.24) is 10.2 Å². The van der Waals surface area contributed by atoms with Gasteiger partial charge in [0.2, 0.25) is 0 Å². The largest absolute Gasteiger partial charge is 0.477 e. The van der Waals surface area contributed by atoms with Crippen LogP contribution in [-0.4, -0.2) is 21.3 Å². The Morgan fingerprint density at radius 3 is 2.60 bits per heavy atom. The zero-order chi connectivity index (χ0) is 14.9. The van der Waals surface area contributed by atoms with Gasteiger partial charge in [-0.15, -0.1) is 5.10 Å². The first kappa shape index (κ1) is 14.4. The number of carboxylic acids is 1. The zero-order valence-electron chi connectivity index (χ0n) is 10.6. The number of carboxylic acid groups (broad SMARTS) is 1. The van der Waals surface area contributed by atoms with Crippen LogP contribution in [0.25, 0.3) is 0 Å². The molecule has 0 saturated carbocycles. The first-order valence-corrected chi connectivity index (χ1v) is 6.39. The van der Waals surface area contributed by atoms with Gasteiger partial charge in [-0.05, 0) is 31.5 Å². The summed E-state index contributed by atoms with van der Waals surface area (Å²) in [6.45, 7) is 3.26. The molecule has 1 aromatic heterocycles. The van der Waals surface area contributed by atoms with Crippen molar-refractivity contribution in [3.8, 4) is 11.6 Å². The topological polar surface area (TPSA) is 72.3 Å². The third kappa shape index (κ3) is 2.93. The molecule has 0 bridgehead atoms. The van der Waals surface area contributed by atoms with Crippen molar-refractivity contribution in [2.75, 3.05) is 0 Å². The van der Waals surface area contributed by atoms with Crippen molar-refractivity contribution in [3.05, 3.63) is 45.3 Å². The fourth-order valence-electron chi connectivity index (χ4n) is 1.61. The third-order valence-corrected chi connectivity index (χ3v) is 3.14. The van der Waals surface area contributed by atoms with Crippen molar-refractivity contribution in [2.24, 2.45) is 0 Å². The van der Waals surface area contributed by atoms with Gasteiger partial charge in [-0.1, -0.05) is 15.9 Å². The van der Waals surface area contributed by atoms with E-state index < -0.39 is 11.8 Å². The number of benzene rings is 1. The average Bonchev–Trinajstić information content (AvgIpc) is 2.32. The van der Waals surface area contributed by atoms with Gasteiger partial charge in [0.25, 0.3) is 5.88 Å². The van der Waals surface area contributed by atoms with Crippen molar-refractivity contribution >= 4 is 21.9 Å². The Balaban J connectivity index is 2.48. The minimum absolute atomic E-state index is 0.0853. The molecule has 20 heavy (non-hydrogen) atoms. The van der Waals surface area contributed by atoms with E-state index in [1.54, 1.807) is 13.8 Å². The van der Waals surface area contributed by atoms with E-state index in [-0.39, 0.29) is 17.2 Å². The number of rotatable bonds is 3. The molecule has 0 amide bonds. The van der Waals surface area contributed by atoms with E-state index in [1.165, 1.54) is 12.1 Å². The standard InChI is InChI=1S/C13H10BrFN2O3/c1-6-7(2)16-17-12(11(6)13(18)19)20-10-4-8(14)3-9(15)5-10/h3-5H,1-2H3,(H,18,19). The predicted octanol–water partition coefficient (Wildman–Crippen LogP) is 3.49. The summed E-state index contributed by atoms with van der Waals surface area (Å²) in [5.74, 6) is -1.72. The van der Waals surface area contributed by atoms with Crippen molar-refractivity contribution < 1.29 is 19.0 Å². The van der Waals surface area contributed by atoms with Crippen LogP contribution in [0.15, 0.2) is 22.7 Å². The number of carbonyl (C=O) groups is 1.